The van der Waals surface area contributed by atoms with Gasteiger partial charge in [-0.25, -0.2) is 0 Å². The fourth-order valence-corrected chi connectivity index (χ4v) is 5.02. The van der Waals surface area contributed by atoms with Gasteiger partial charge in [0.15, 0.2) is 11.5 Å². The maximum Gasteiger partial charge on any atom is 0.256 e. The molecule has 1 atom stereocenters. The first-order valence-electron chi connectivity index (χ1n) is 12.3. The van der Waals surface area contributed by atoms with Gasteiger partial charge in [-0.15, -0.1) is 0 Å². The third-order valence-corrected chi connectivity index (χ3v) is 7.19. The highest BCUT2D eigenvalue weighted by molar-refractivity contribution is 5.99. The average molecular weight is 494 g/mol. The number of rotatable bonds is 6. The summed E-state index contributed by atoms with van der Waals surface area (Å²) in [6, 6.07) is 13.5. The molecule has 0 radical (unpaired) electrons. The van der Waals surface area contributed by atoms with Gasteiger partial charge in [-0.3, -0.25) is 19.3 Å². The van der Waals surface area contributed by atoms with Gasteiger partial charge in [0.05, 0.1) is 20.8 Å². The second-order valence-corrected chi connectivity index (χ2v) is 9.46. The molecule has 36 heavy (non-hydrogen) atoms. The molecule has 2 aromatic rings. The van der Waals surface area contributed by atoms with Crippen molar-refractivity contribution in [2.24, 2.45) is 0 Å². The molecule has 3 aliphatic rings. The number of nitrogens with zero attached hydrogens (tertiary/aromatic N) is 2. The van der Waals surface area contributed by atoms with Crippen LogP contribution >= 0.6 is 0 Å². The molecule has 1 unspecified atom stereocenters. The van der Waals surface area contributed by atoms with E-state index in [1.54, 1.807) is 59.4 Å². The number of ether oxygens (including phenoxy) is 3. The molecule has 2 aromatic carbocycles. The van der Waals surface area contributed by atoms with Crippen molar-refractivity contribution in [2.45, 2.75) is 43.5 Å². The van der Waals surface area contributed by atoms with E-state index in [-0.39, 0.29) is 30.4 Å². The largest absolute Gasteiger partial charge is 0.493 e. The van der Waals surface area contributed by atoms with E-state index in [1.807, 2.05) is 6.07 Å². The first-order chi connectivity index (χ1) is 17.5. The summed E-state index contributed by atoms with van der Waals surface area (Å²) in [6.07, 6.45) is 2.75. The molecular weight excluding hydrogens is 462 g/mol. The van der Waals surface area contributed by atoms with E-state index in [0.717, 1.165) is 12.8 Å². The summed E-state index contributed by atoms with van der Waals surface area (Å²) in [4.78, 5) is 43.4. The first-order valence-corrected chi connectivity index (χ1v) is 12.3. The number of carbonyl (C=O) groups excluding carboxylic acids is 3. The number of likely N-dealkylation sites (tertiary alicyclic amines) is 1. The Morgan fingerprint density at radius 2 is 1.61 bits per heavy atom. The van der Waals surface area contributed by atoms with Crippen molar-refractivity contribution in [1.82, 2.24) is 15.1 Å². The standard InChI is InChI=1S/C27H31N3O6/c1-34-22-11-8-19(16-23(22)35-2)25(32)29-14-12-27(13-15-29)30(26(33)18-6-4-3-5-7-18)21(17-36-27)24(31)28-20-9-10-20/h3-8,11,16,20-21H,9-10,12-15,17H2,1-2H3,(H,28,31). The van der Waals surface area contributed by atoms with Crippen molar-refractivity contribution in [3.8, 4) is 11.5 Å². The van der Waals surface area contributed by atoms with Gasteiger partial charge in [0.1, 0.15) is 11.8 Å². The zero-order valence-electron chi connectivity index (χ0n) is 20.6. The summed E-state index contributed by atoms with van der Waals surface area (Å²) >= 11 is 0. The van der Waals surface area contributed by atoms with E-state index in [2.05, 4.69) is 5.32 Å². The smallest absolute Gasteiger partial charge is 0.256 e. The van der Waals surface area contributed by atoms with E-state index in [0.29, 0.717) is 48.6 Å². The Labute approximate surface area is 210 Å². The van der Waals surface area contributed by atoms with Gasteiger partial charge in [-0.1, -0.05) is 18.2 Å². The van der Waals surface area contributed by atoms with Gasteiger partial charge < -0.3 is 24.4 Å². The number of piperidine rings is 1. The number of nitrogens with one attached hydrogen (secondary N) is 1. The van der Waals surface area contributed by atoms with E-state index < -0.39 is 11.8 Å². The fourth-order valence-electron chi connectivity index (χ4n) is 5.02. The van der Waals surface area contributed by atoms with Crippen LogP contribution in [0, 0.1) is 0 Å². The lowest BCUT2D eigenvalue weighted by molar-refractivity contribution is -0.128. The van der Waals surface area contributed by atoms with Crippen molar-refractivity contribution in [3.63, 3.8) is 0 Å². The molecule has 2 saturated heterocycles. The van der Waals surface area contributed by atoms with Crippen molar-refractivity contribution in [1.29, 1.82) is 0 Å². The molecule has 0 bridgehead atoms. The molecule has 1 saturated carbocycles. The molecule has 1 N–H and O–H groups in total. The van der Waals surface area contributed by atoms with Crippen LogP contribution in [-0.4, -0.2) is 79.2 Å². The number of hydrogen-bond acceptors (Lipinski definition) is 6. The molecule has 5 rings (SSSR count). The van der Waals surface area contributed by atoms with E-state index in [4.69, 9.17) is 14.2 Å². The van der Waals surface area contributed by atoms with E-state index in [9.17, 15) is 14.4 Å². The third-order valence-electron chi connectivity index (χ3n) is 7.19. The molecule has 0 aromatic heterocycles. The summed E-state index contributed by atoms with van der Waals surface area (Å²) in [7, 11) is 3.08. The van der Waals surface area contributed by atoms with Crippen molar-refractivity contribution < 1.29 is 28.6 Å². The van der Waals surface area contributed by atoms with Gasteiger partial charge in [-0.05, 0) is 43.2 Å². The highest BCUT2D eigenvalue weighted by atomic mass is 16.5. The molecule has 190 valence electrons. The maximum absolute atomic E-state index is 13.7. The second kappa shape index (κ2) is 9.81. The van der Waals surface area contributed by atoms with E-state index >= 15 is 0 Å². The highest BCUT2D eigenvalue weighted by Crippen LogP contribution is 2.39. The number of benzene rings is 2. The van der Waals surface area contributed by atoms with Crippen LogP contribution in [-0.2, 0) is 9.53 Å². The molecule has 3 fully saturated rings. The lowest BCUT2D eigenvalue weighted by Gasteiger charge is -2.44. The maximum atomic E-state index is 13.7. The zero-order valence-corrected chi connectivity index (χ0v) is 20.6. The molecule has 2 aliphatic heterocycles. The molecular formula is C27H31N3O6. The van der Waals surface area contributed by atoms with Gasteiger partial charge in [0.25, 0.3) is 11.8 Å². The van der Waals surface area contributed by atoms with Crippen molar-refractivity contribution in [2.75, 3.05) is 33.9 Å². The van der Waals surface area contributed by atoms with E-state index in [1.165, 1.54) is 7.11 Å². The van der Waals surface area contributed by atoms with Gasteiger partial charge >= 0.3 is 0 Å². The Morgan fingerprint density at radius 1 is 0.917 bits per heavy atom. The second-order valence-electron chi connectivity index (χ2n) is 9.46. The normalized spacial score (nSPS) is 20.8. The van der Waals surface area contributed by atoms with Crippen LogP contribution in [0.15, 0.2) is 48.5 Å². The number of carbonyl (C=O) groups is 3. The quantitative estimate of drug-likeness (QED) is 0.664. The van der Waals surface area contributed by atoms with Gasteiger partial charge in [0, 0.05) is 43.1 Å². The fraction of sp³-hybridized carbons (Fsp3) is 0.444. The molecule has 9 heteroatoms. The predicted molar refractivity (Wildman–Crippen MR) is 131 cm³/mol. The Morgan fingerprint density at radius 3 is 2.25 bits per heavy atom. The minimum absolute atomic E-state index is 0.132. The molecule has 1 aliphatic carbocycles. The average Bonchev–Trinajstić information content (AvgIpc) is 3.67. The number of amides is 3. The predicted octanol–water partition coefficient (Wildman–Crippen LogP) is 2.46. The summed E-state index contributed by atoms with van der Waals surface area (Å²) < 4.78 is 16.9. The topological polar surface area (TPSA) is 97.4 Å². The van der Waals surface area contributed by atoms with Crippen LogP contribution in [0.1, 0.15) is 46.4 Å². The highest BCUT2D eigenvalue weighted by Gasteiger charge is 2.54. The van der Waals surface area contributed by atoms with Gasteiger partial charge in [-0.2, -0.15) is 0 Å². The van der Waals surface area contributed by atoms with Gasteiger partial charge in [0.2, 0.25) is 5.91 Å². The molecule has 9 nitrogen and oxygen atoms in total. The molecule has 2 heterocycles. The van der Waals surface area contributed by atoms with Crippen molar-refractivity contribution in [3.05, 3.63) is 59.7 Å². The monoisotopic (exact) mass is 493 g/mol. The Bertz CT molecular complexity index is 1140. The Balaban J connectivity index is 1.35. The minimum atomic E-state index is -0.938. The van der Waals surface area contributed by atoms with Crippen LogP contribution in [0.2, 0.25) is 0 Å². The lowest BCUT2D eigenvalue weighted by Crippen LogP contribution is -2.60. The molecule has 3 amide bonds. The molecule has 1 spiro atoms. The van der Waals surface area contributed by atoms with Crippen LogP contribution in [0.3, 0.4) is 0 Å². The zero-order chi connectivity index (χ0) is 25.3. The van der Waals surface area contributed by atoms with Crippen LogP contribution in [0.5, 0.6) is 11.5 Å². The summed E-state index contributed by atoms with van der Waals surface area (Å²) in [5, 5.41) is 3.02. The summed E-state index contributed by atoms with van der Waals surface area (Å²) in [5.41, 5.74) is 0.0672. The first kappa shape index (κ1) is 24.1. The minimum Gasteiger partial charge on any atom is -0.493 e. The van der Waals surface area contributed by atoms with Crippen LogP contribution in [0.25, 0.3) is 0 Å². The SMILES string of the molecule is COc1ccc(C(=O)N2CCC3(CC2)OCC(C(=O)NC2CC2)N3C(=O)c2ccccc2)cc1OC. The number of hydrogen-bond donors (Lipinski definition) is 1. The third kappa shape index (κ3) is 4.51. The van der Waals surface area contributed by atoms with Crippen LogP contribution < -0.4 is 14.8 Å². The van der Waals surface area contributed by atoms with Crippen LogP contribution in [0.4, 0.5) is 0 Å². The summed E-state index contributed by atoms with van der Waals surface area (Å²) in [6.45, 7) is 0.923. The Hall–Kier alpha value is -3.59. The van der Waals surface area contributed by atoms with Crippen molar-refractivity contribution >= 4 is 17.7 Å². The Kier molecular flexibility index (Phi) is 6.57. The lowest BCUT2D eigenvalue weighted by atomic mass is 9.96. The number of methoxy groups -OCH3 is 2. The summed E-state index contributed by atoms with van der Waals surface area (Å²) in [5.74, 6) is 0.496.